The average Bonchev–Trinajstić information content (AvgIpc) is 2.92. The molecule has 0 bridgehead atoms. The Morgan fingerprint density at radius 1 is 1.10 bits per heavy atom. The van der Waals surface area contributed by atoms with E-state index in [-0.39, 0.29) is 11.1 Å². The molecule has 0 fully saturated rings. The van der Waals surface area contributed by atoms with E-state index in [0.717, 1.165) is 9.75 Å². The molecule has 0 aliphatic carbocycles. The summed E-state index contributed by atoms with van der Waals surface area (Å²) >= 11 is 1.46. The van der Waals surface area contributed by atoms with Gasteiger partial charge in [0, 0.05) is 9.75 Å². The van der Waals surface area contributed by atoms with Crippen molar-refractivity contribution >= 4 is 29.1 Å². The SMILES string of the molecule is Cc1cc(C(=O)ON2C(=O)c3ccccc3C2=O)c(C)s1. The number of fused-ring (bicyclic) bond motifs is 1. The Bertz CT molecular complexity index is 743. The van der Waals surface area contributed by atoms with Crippen molar-refractivity contribution in [2.45, 2.75) is 13.8 Å². The highest BCUT2D eigenvalue weighted by Crippen LogP contribution is 2.25. The first kappa shape index (κ1) is 13.5. The molecular formula is C15H11NO4S. The van der Waals surface area contributed by atoms with Gasteiger partial charge >= 0.3 is 5.97 Å². The Labute approximate surface area is 124 Å². The predicted octanol–water partition coefficient (Wildman–Crippen LogP) is 2.73. The van der Waals surface area contributed by atoms with Gasteiger partial charge in [0.2, 0.25) is 0 Å². The van der Waals surface area contributed by atoms with Gasteiger partial charge in [0.05, 0.1) is 16.7 Å². The molecular weight excluding hydrogens is 290 g/mol. The number of rotatable bonds is 2. The lowest BCUT2D eigenvalue weighted by Gasteiger charge is -2.12. The van der Waals surface area contributed by atoms with Crippen LogP contribution in [0.15, 0.2) is 30.3 Å². The van der Waals surface area contributed by atoms with Gasteiger partial charge in [-0.05, 0) is 32.0 Å². The zero-order valence-electron chi connectivity index (χ0n) is 11.4. The fraction of sp³-hybridized carbons (Fsp3) is 0.133. The number of thiophene rings is 1. The van der Waals surface area contributed by atoms with Gasteiger partial charge < -0.3 is 4.84 Å². The molecule has 0 radical (unpaired) electrons. The molecule has 21 heavy (non-hydrogen) atoms. The zero-order chi connectivity index (χ0) is 15.1. The van der Waals surface area contributed by atoms with Crippen molar-refractivity contribution in [1.82, 2.24) is 5.06 Å². The summed E-state index contributed by atoms with van der Waals surface area (Å²) in [6, 6.07) is 8.05. The molecule has 3 rings (SSSR count). The minimum Gasteiger partial charge on any atom is -0.324 e. The van der Waals surface area contributed by atoms with Crippen LogP contribution in [0.4, 0.5) is 0 Å². The van der Waals surface area contributed by atoms with Gasteiger partial charge in [-0.15, -0.1) is 11.3 Å². The number of amides is 2. The van der Waals surface area contributed by atoms with Gasteiger partial charge in [-0.2, -0.15) is 0 Å². The Balaban J connectivity index is 1.87. The molecule has 0 saturated carbocycles. The zero-order valence-corrected chi connectivity index (χ0v) is 12.2. The summed E-state index contributed by atoms with van der Waals surface area (Å²) in [4.78, 5) is 43.1. The molecule has 106 valence electrons. The van der Waals surface area contributed by atoms with E-state index < -0.39 is 17.8 Å². The smallest absolute Gasteiger partial charge is 0.324 e. The Morgan fingerprint density at radius 2 is 1.67 bits per heavy atom. The fourth-order valence-electron chi connectivity index (χ4n) is 2.22. The highest BCUT2D eigenvalue weighted by Gasteiger charge is 2.39. The molecule has 0 saturated heterocycles. The van der Waals surface area contributed by atoms with Gasteiger partial charge in [0.25, 0.3) is 11.8 Å². The summed E-state index contributed by atoms with van der Waals surface area (Å²) in [6.07, 6.45) is 0. The number of hydrogen-bond acceptors (Lipinski definition) is 5. The van der Waals surface area contributed by atoms with Crippen molar-refractivity contribution in [1.29, 1.82) is 0 Å². The van der Waals surface area contributed by atoms with Gasteiger partial charge in [-0.1, -0.05) is 17.2 Å². The molecule has 0 N–H and O–H groups in total. The maximum absolute atomic E-state index is 12.1. The molecule has 2 amide bonds. The van der Waals surface area contributed by atoms with Gasteiger partial charge in [0.1, 0.15) is 0 Å². The normalized spacial score (nSPS) is 13.5. The number of hydrogen-bond donors (Lipinski definition) is 0. The molecule has 0 atom stereocenters. The van der Waals surface area contributed by atoms with E-state index in [9.17, 15) is 14.4 Å². The third kappa shape index (κ3) is 2.13. The second-order valence-electron chi connectivity index (χ2n) is 4.66. The highest BCUT2D eigenvalue weighted by atomic mass is 32.1. The van der Waals surface area contributed by atoms with E-state index in [1.165, 1.54) is 23.5 Å². The molecule has 0 spiro atoms. The molecule has 1 aliphatic heterocycles. The first-order valence-corrected chi connectivity index (χ1v) is 7.08. The van der Waals surface area contributed by atoms with Crippen LogP contribution in [0.1, 0.15) is 40.8 Å². The fourth-order valence-corrected chi connectivity index (χ4v) is 3.13. The van der Waals surface area contributed by atoms with E-state index in [1.807, 2.05) is 6.92 Å². The quantitative estimate of drug-likeness (QED) is 0.800. The maximum atomic E-state index is 12.1. The van der Waals surface area contributed by atoms with E-state index >= 15 is 0 Å². The highest BCUT2D eigenvalue weighted by molar-refractivity contribution is 7.12. The van der Waals surface area contributed by atoms with Crippen LogP contribution in [0.3, 0.4) is 0 Å². The molecule has 2 aromatic rings. The minimum absolute atomic E-state index is 0.244. The third-order valence-corrected chi connectivity index (χ3v) is 4.16. The van der Waals surface area contributed by atoms with Gasteiger partial charge in [0.15, 0.2) is 0 Å². The number of nitrogens with zero attached hydrogens (tertiary/aromatic N) is 1. The molecule has 2 heterocycles. The summed E-state index contributed by atoms with van der Waals surface area (Å²) in [5.74, 6) is -1.94. The van der Waals surface area contributed by atoms with E-state index in [4.69, 9.17) is 4.84 Å². The Hall–Kier alpha value is -2.47. The van der Waals surface area contributed by atoms with Crippen LogP contribution in [0.2, 0.25) is 0 Å². The van der Waals surface area contributed by atoms with Gasteiger partial charge in [-0.25, -0.2) is 4.79 Å². The number of carbonyl (C=O) groups excluding carboxylic acids is 3. The first-order chi connectivity index (χ1) is 9.99. The van der Waals surface area contributed by atoms with Crippen LogP contribution in [-0.4, -0.2) is 22.8 Å². The predicted molar refractivity (Wildman–Crippen MR) is 76.2 cm³/mol. The molecule has 1 aromatic carbocycles. The van der Waals surface area contributed by atoms with Crippen LogP contribution in [0, 0.1) is 13.8 Å². The van der Waals surface area contributed by atoms with Gasteiger partial charge in [-0.3, -0.25) is 9.59 Å². The van der Waals surface area contributed by atoms with Crippen molar-refractivity contribution < 1.29 is 19.2 Å². The lowest BCUT2D eigenvalue weighted by atomic mass is 10.1. The topological polar surface area (TPSA) is 63.7 Å². The molecule has 5 nitrogen and oxygen atoms in total. The third-order valence-electron chi connectivity index (χ3n) is 3.19. The van der Waals surface area contributed by atoms with Crippen molar-refractivity contribution in [2.24, 2.45) is 0 Å². The molecule has 0 unspecified atom stereocenters. The molecule has 1 aliphatic rings. The number of carbonyl (C=O) groups is 3. The molecule has 1 aromatic heterocycles. The second-order valence-corrected chi connectivity index (χ2v) is 6.12. The van der Waals surface area contributed by atoms with Crippen LogP contribution >= 0.6 is 11.3 Å². The van der Waals surface area contributed by atoms with Crippen LogP contribution in [0.25, 0.3) is 0 Å². The minimum atomic E-state index is -0.702. The number of imide groups is 1. The summed E-state index contributed by atoms with van der Waals surface area (Å²) < 4.78 is 0. The van der Waals surface area contributed by atoms with Crippen molar-refractivity contribution in [3.8, 4) is 0 Å². The number of hydroxylamine groups is 2. The molecule has 6 heteroatoms. The van der Waals surface area contributed by atoms with Crippen LogP contribution in [0.5, 0.6) is 0 Å². The largest absolute Gasteiger partial charge is 0.365 e. The van der Waals surface area contributed by atoms with Crippen LogP contribution in [-0.2, 0) is 4.84 Å². The Kier molecular flexibility index (Phi) is 3.10. The lowest BCUT2D eigenvalue weighted by molar-refractivity contribution is -0.0584. The average molecular weight is 301 g/mol. The van der Waals surface area contributed by atoms with E-state index in [1.54, 1.807) is 25.1 Å². The van der Waals surface area contributed by atoms with E-state index in [0.29, 0.717) is 10.6 Å². The Morgan fingerprint density at radius 3 is 2.14 bits per heavy atom. The van der Waals surface area contributed by atoms with Crippen molar-refractivity contribution in [3.63, 3.8) is 0 Å². The van der Waals surface area contributed by atoms with Crippen molar-refractivity contribution in [2.75, 3.05) is 0 Å². The monoisotopic (exact) mass is 301 g/mol. The summed E-state index contributed by atoms with van der Waals surface area (Å²) in [5.41, 5.74) is 0.857. The number of aryl methyl sites for hydroxylation is 2. The number of benzene rings is 1. The van der Waals surface area contributed by atoms with Crippen LogP contribution < -0.4 is 0 Å². The second kappa shape index (κ2) is 4.82. The summed E-state index contributed by atoms with van der Waals surface area (Å²) in [6.45, 7) is 3.66. The van der Waals surface area contributed by atoms with Crippen molar-refractivity contribution in [3.05, 3.63) is 56.8 Å². The summed E-state index contributed by atoms with van der Waals surface area (Å²) in [7, 11) is 0. The lowest BCUT2D eigenvalue weighted by Crippen LogP contribution is -2.32. The first-order valence-electron chi connectivity index (χ1n) is 6.26. The summed E-state index contributed by atoms with van der Waals surface area (Å²) in [5, 5.41) is 0.527. The standard InChI is InChI=1S/C15H11NO4S/c1-8-7-12(9(2)21-8)15(19)20-16-13(17)10-5-3-4-6-11(10)14(16)18/h3-7H,1-2H3. The maximum Gasteiger partial charge on any atom is 0.365 e. The van der Waals surface area contributed by atoms with E-state index in [2.05, 4.69) is 0 Å².